The number of hydrogen-bond acceptors (Lipinski definition) is 5. The molecule has 0 aliphatic carbocycles. The lowest BCUT2D eigenvalue weighted by Crippen LogP contribution is -1.98. The molecule has 0 unspecified atom stereocenters. The molecule has 0 saturated heterocycles. The molecule has 6 nitrogen and oxygen atoms in total. The molecule has 1 N–H and O–H groups in total. The molecule has 0 amide bonds. The fraction of sp³-hybridized carbons (Fsp3) is 0.0909. The largest absolute Gasteiger partial charge is 0.486 e. The minimum atomic E-state index is 0.407. The first kappa shape index (κ1) is 17.6. The Balaban J connectivity index is 1.66. The Morgan fingerprint density at radius 1 is 0.929 bits per heavy atom. The summed E-state index contributed by atoms with van der Waals surface area (Å²) in [6.45, 7) is 2.32. The molecule has 0 radical (unpaired) electrons. The Bertz CT molecular complexity index is 1070. The van der Waals surface area contributed by atoms with Crippen molar-refractivity contribution in [2.24, 2.45) is 0 Å². The van der Waals surface area contributed by atoms with Gasteiger partial charge < -0.3 is 9.72 Å². The van der Waals surface area contributed by atoms with E-state index in [1.165, 1.54) is 0 Å². The summed E-state index contributed by atoms with van der Waals surface area (Å²) in [7, 11) is 0. The lowest BCUT2D eigenvalue weighted by atomic mass is 9.98. The Hall–Kier alpha value is -3.80. The summed E-state index contributed by atoms with van der Waals surface area (Å²) >= 11 is 0. The Kier molecular flexibility index (Phi) is 5.20. The van der Waals surface area contributed by atoms with E-state index in [1.807, 2.05) is 43.5 Å². The zero-order valence-electron chi connectivity index (χ0n) is 15.4. The van der Waals surface area contributed by atoms with Crippen molar-refractivity contribution in [3.63, 3.8) is 0 Å². The molecular weight excluding hydrogens is 350 g/mol. The second-order valence-corrected chi connectivity index (χ2v) is 6.27. The van der Waals surface area contributed by atoms with Crippen molar-refractivity contribution in [2.45, 2.75) is 13.5 Å². The Morgan fingerprint density at radius 2 is 1.68 bits per heavy atom. The number of hydrogen-bond donors (Lipinski definition) is 1. The molecule has 4 heterocycles. The van der Waals surface area contributed by atoms with E-state index >= 15 is 0 Å². The molecule has 6 heteroatoms. The summed E-state index contributed by atoms with van der Waals surface area (Å²) in [5.41, 5.74) is 5.02. The molecule has 4 rings (SSSR count). The first-order valence-corrected chi connectivity index (χ1v) is 8.89. The van der Waals surface area contributed by atoms with E-state index in [0.29, 0.717) is 12.4 Å². The summed E-state index contributed by atoms with van der Waals surface area (Å²) < 4.78 is 5.90. The molecule has 0 bridgehead atoms. The number of ether oxygens (including phenoxy) is 1. The van der Waals surface area contributed by atoms with Crippen molar-refractivity contribution < 1.29 is 4.74 Å². The molecule has 4 aromatic heterocycles. The van der Waals surface area contributed by atoms with Crippen LogP contribution in [0.4, 0.5) is 0 Å². The third-order valence-corrected chi connectivity index (χ3v) is 4.18. The minimum absolute atomic E-state index is 0.407. The van der Waals surface area contributed by atoms with E-state index in [4.69, 9.17) is 4.74 Å². The van der Waals surface area contributed by atoms with Gasteiger partial charge in [-0.3, -0.25) is 15.0 Å². The van der Waals surface area contributed by atoms with Crippen LogP contribution in [-0.4, -0.2) is 24.9 Å². The van der Waals surface area contributed by atoms with Crippen molar-refractivity contribution in [1.82, 2.24) is 24.9 Å². The average molecular weight is 369 g/mol. The summed E-state index contributed by atoms with van der Waals surface area (Å²) in [5.74, 6) is 1.56. The number of aromatic amines is 1. The fourth-order valence-electron chi connectivity index (χ4n) is 2.84. The SMILES string of the molecule is Cc1ncc(COc2cncc(C(=Cc3ccncc3)c3ccncc3)c2)[nH]1. The molecule has 0 atom stereocenters. The van der Waals surface area contributed by atoms with Crippen LogP contribution in [0, 0.1) is 6.92 Å². The zero-order valence-corrected chi connectivity index (χ0v) is 15.4. The van der Waals surface area contributed by atoms with Crippen LogP contribution in [0.5, 0.6) is 5.75 Å². The van der Waals surface area contributed by atoms with E-state index in [-0.39, 0.29) is 0 Å². The van der Waals surface area contributed by atoms with Gasteiger partial charge >= 0.3 is 0 Å². The van der Waals surface area contributed by atoms with Crippen LogP contribution in [0.1, 0.15) is 28.2 Å². The number of aryl methyl sites for hydroxylation is 1. The predicted molar refractivity (Wildman–Crippen MR) is 107 cm³/mol. The van der Waals surface area contributed by atoms with Gasteiger partial charge in [-0.1, -0.05) is 0 Å². The van der Waals surface area contributed by atoms with Crippen LogP contribution >= 0.6 is 0 Å². The molecule has 0 spiro atoms. The normalized spacial score (nSPS) is 11.4. The third-order valence-electron chi connectivity index (χ3n) is 4.18. The summed E-state index contributed by atoms with van der Waals surface area (Å²) in [6.07, 6.45) is 14.5. The van der Waals surface area contributed by atoms with E-state index in [2.05, 4.69) is 31.0 Å². The highest BCUT2D eigenvalue weighted by atomic mass is 16.5. The number of H-pyrrole nitrogens is 1. The molecule has 0 aromatic carbocycles. The smallest absolute Gasteiger partial charge is 0.138 e. The zero-order chi connectivity index (χ0) is 19.2. The third kappa shape index (κ3) is 4.29. The standard InChI is InChI=1S/C22H19N5O/c1-16-26-13-20(27-16)15-28-21-11-19(12-25-14-21)22(18-4-8-24-9-5-18)10-17-2-6-23-7-3-17/h2-14H,15H2,1H3,(H,26,27). The van der Waals surface area contributed by atoms with Crippen molar-refractivity contribution in [3.8, 4) is 5.75 Å². The summed E-state index contributed by atoms with van der Waals surface area (Å²) in [5, 5.41) is 0. The number of pyridine rings is 3. The summed E-state index contributed by atoms with van der Waals surface area (Å²) in [4.78, 5) is 19.9. The van der Waals surface area contributed by atoms with E-state index in [9.17, 15) is 0 Å². The van der Waals surface area contributed by atoms with Crippen LogP contribution in [0.3, 0.4) is 0 Å². The summed E-state index contributed by atoms with van der Waals surface area (Å²) in [6, 6.07) is 9.89. The first-order chi connectivity index (χ1) is 13.8. The molecular formula is C22H19N5O. The van der Waals surface area contributed by atoms with Crippen LogP contribution in [-0.2, 0) is 6.61 Å². The Labute approximate surface area is 163 Å². The highest BCUT2D eigenvalue weighted by molar-refractivity contribution is 5.91. The lowest BCUT2D eigenvalue weighted by molar-refractivity contribution is 0.300. The molecule has 28 heavy (non-hydrogen) atoms. The van der Waals surface area contributed by atoms with Gasteiger partial charge in [0.15, 0.2) is 0 Å². The van der Waals surface area contributed by atoms with Gasteiger partial charge in [-0.15, -0.1) is 0 Å². The number of rotatable bonds is 6. The molecule has 0 aliphatic rings. The van der Waals surface area contributed by atoms with Gasteiger partial charge in [0.1, 0.15) is 18.2 Å². The number of nitrogens with zero attached hydrogens (tertiary/aromatic N) is 4. The minimum Gasteiger partial charge on any atom is -0.486 e. The second-order valence-electron chi connectivity index (χ2n) is 6.27. The van der Waals surface area contributed by atoms with Crippen LogP contribution in [0.25, 0.3) is 11.6 Å². The maximum atomic E-state index is 5.90. The van der Waals surface area contributed by atoms with Gasteiger partial charge in [-0.05, 0) is 60.0 Å². The lowest BCUT2D eigenvalue weighted by Gasteiger charge is -2.11. The first-order valence-electron chi connectivity index (χ1n) is 8.89. The maximum absolute atomic E-state index is 5.90. The van der Waals surface area contributed by atoms with Gasteiger partial charge in [-0.25, -0.2) is 4.98 Å². The maximum Gasteiger partial charge on any atom is 0.138 e. The highest BCUT2D eigenvalue weighted by Crippen LogP contribution is 2.27. The quantitative estimate of drug-likeness (QED) is 0.554. The van der Waals surface area contributed by atoms with Gasteiger partial charge in [0.25, 0.3) is 0 Å². The van der Waals surface area contributed by atoms with Crippen LogP contribution in [0.15, 0.2) is 73.7 Å². The Morgan fingerprint density at radius 3 is 2.39 bits per heavy atom. The van der Waals surface area contributed by atoms with Gasteiger partial charge in [0, 0.05) is 36.5 Å². The molecule has 138 valence electrons. The van der Waals surface area contributed by atoms with E-state index in [1.54, 1.807) is 37.2 Å². The van der Waals surface area contributed by atoms with Gasteiger partial charge in [0.2, 0.25) is 0 Å². The van der Waals surface area contributed by atoms with Crippen molar-refractivity contribution in [2.75, 3.05) is 0 Å². The van der Waals surface area contributed by atoms with E-state index < -0.39 is 0 Å². The molecule has 0 saturated carbocycles. The monoisotopic (exact) mass is 369 g/mol. The van der Waals surface area contributed by atoms with Gasteiger partial charge in [0.05, 0.1) is 18.1 Å². The van der Waals surface area contributed by atoms with Crippen molar-refractivity contribution in [3.05, 3.63) is 102 Å². The number of imidazole rings is 1. The van der Waals surface area contributed by atoms with Crippen molar-refractivity contribution in [1.29, 1.82) is 0 Å². The topological polar surface area (TPSA) is 76.6 Å². The van der Waals surface area contributed by atoms with Gasteiger partial charge in [-0.2, -0.15) is 0 Å². The fourth-order valence-corrected chi connectivity index (χ4v) is 2.84. The number of aromatic nitrogens is 5. The predicted octanol–water partition coefficient (Wildman–Crippen LogP) is 4.07. The second kappa shape index (κ2) is 8.26. The van der Waals surface area contributed by atoms with Crippen molar-refractivity contribution >= 4 is 11.6 Å². The van der Waals surface area contributed by atoms with E-state index in [0.717, 1.165) is 33.8 Å². The molecule has 4 aromatic rings. The van der Waals surface area contributed by atoms with Crippen LogP contribution < -0.4 is 4.74 Å². The average Bonchev–Trinajstić information content (AvgIpc) is 3.17. The van der Waals surface area contributed by atoms with Crippen LogP contribution in [0.2, 0.25) is 0 Å². The number of nitrogens with one attached hydrogen (secondary N) is 1. The molecule has 0 fully saturated rings. The highest BCUT2D eigenvalue weighted by Gasteiger charge is 2.08. The molecule has 0 aliphatic heterocycles.